The van der Waals surface area contributed by atoms with E-state index in [-0.39, 0.29) is 5.91 Å². The molecule has 0 atom stereocenters. The summed E-state index contributed by atoms with van der Waals surface area (Å²) in [4.78, 5) is 17.4. The summed E-state index contributed by atoms with van der Waals surface area (Å²) in [7, 11) is 0. The molecule has 0 radical (unpaired) electrons. The van der Waals surface area contributed by atoms with E-state index >= 15 is 0 Å². The molecule has 4 heteroatoms. The van der Waals surface area contributed by atoms with Crippen molar-refractivity contribution >= 4 is 22.7 Å². The predicted octanol–water partition coefficient (Wildman–Crippen LogP) is 6.29. The number of amides is 1. The van der Waals surface area contributed by atoms with Crippen LogP contribution in [0.5, 0.6) is 0 Å². The molecule has 0 fully saturated rings. The third-order valence-electron chi connectivity index (χ3n) is 5.22. The molecule has 0 spiro atoms. The van der Waals surface area contributed by atoms with Crippen molar-refractivity contribution in [3.8, 4) is 11.5 Å². The number of rotatable bonds is 3. The lowest BCUT2D eigenvalue weighted by Gasteiger charge is -2.11. The van der Waals surface area contributed by atoms with Crippen LogP contribution in [-0.2, 0) is 0 Å². The van der Waals surface area contributed by atoms with Gasteiger partial charge in [-0.05, 0) is 87.7 Å². The first-order valence-electron chi connectivity index (χ1n) is 9.68. The summed E-state index contributed by atoms with van der Waals surface area (Å²) in [6.45, 7) is 10.1. The fourth-order valence-corrected chi connectivity index (χ4v) is 3.49. The second kappa shape index (κ2) is 7.21. The molecular formula is C25H24N2O2. The first-order valence-corrected chi connectivity index (χ1v) is 9.68. The van der Waals surface area contributed by atoms with Crippen molar-refractivity contribution in [2.45, 2.75) is 34.6 Å². The van der Waals surface area contributed by atoms with Crippen molar-refractivity contribution in [2.24, 2.45) is 0 Å². The summed E-state index contributed by atoms with van der Waals surface area (Å²) in [6.07, 6.45) is 0. The molecular weight excluding hydrogens is 360 g/mol. The third kappa shape index (κ3) is 3.79. The molecule has 29 heavy (non-hydrogen) atoms. The van der Waals surface area contributed by atoms with Gasteiger partial charge in [-0.15, -0.1) is 0 Å². The van der Waals surface area contributed by atoms with E-state index in [1.54, 1.807) is 0 Å². The zero-order chi connectivity index (χ0) is 20.7. The van der Waals surface area contributed by atoms with Gasteiger partial charge in [-0.1, -0.05) is 23.3 Å². The number of hydrogen-bond acceptors (Lipinski definition) is 3. The largest absolute Gasteiger partial charge is 0.436 e. The summed E-state index contributed by atoms with van der Waals surface area (Å²) in [6, 6.07) is 15.7. The molecule has 4 rings (SSSR count). The van der Waals surface area contributed by atoms with Crippen LogP contribution in [0.4, 0.5) is 5.69 Å². The third-order valence-corrected chi connectivity index (χ3v) is 5.22. The average Bonchev–Trinajstić information content (AvgIpc) is 3.05. The summed E-state index contributed by atoms with van der Waals surface area (Å²) in [5.41, 5.74) is 9.31. The van der Waals surface area contributed by atoms with E-state index in [2.05, 4.69) is 30.2 Å². The van der Waals surface area contributed by atoms with Crippen molar-refractivity contribution in [1.82, 2.24) is 4.98 Å². The first kappa shape index (κ1) is 18.9. The maximum atomic E-state index is 12.8. The highest BCUT2D eigenvalue weighted by Gasteiger charge is 2.13. The van der Waals surface area contributed by atoms with Crippen LogP contribution in [0.1, 0.15) is 38.2 Å². The number of aromatic nitrogens is 1. The lowest BCUT2D eigenvalue weighted by Crippen LogP contribution is -2.13. The molecule has 146 valence electrons. The maximum Gasteiger partial charge on any atom is 0.255 e. The van der Waals surface area contributed by atoms with E-state index in [9.17, 15) is 4.79 Å². The molecule has 0 aliphatic rings. The molecule has 0 aliphatic carbocycles. The Balaban J connectivity index is 1.68. The molecule has 1 N–H and O–H groups in total. The zero-order valence-corrected chi connectivity index (χ0v) is 17.4. The monoisotopic (exact) mass is 384 g/mol. The number of nitrogens with zero attached hydrogens (tertiary/aromatic N) is 1. The topological polar surface area (TPSA) is 55.1 Å². The number of carbonyl (C=O) groups is 1. The Morgan fingerprint density at radius 2 is 1.52 bits per heavy atom. The van der Waals surface area contributed by atoms with Gasteiger partial charge < -0.3 is 9.73 Å². The van der Waals surface area contributed by atoms with Gasteiger partial charge in [0.05, 0.1) is 0 Å². The van der Waals surface area contributed by atoms with E-state index in [0.717, 1.165) is 39.0 Å². The molecule has 1 aromatic heterocycles. The Labute approximate surface area is 170 Å². The summed E-state index contributed by atoms with van der Waals surface area (Å²) < 4.78 is 5.98. The minimum absolute atomic E-state index is 0.124. The highest BCUT2D eigenvalue weighted by Crippen LogP contribution is 2.29. The Morgan fingerprint density at radius 1 is 0.828 bits per heavy atom. The molecule has 3 aromatic carbocycles. The summed E-state index contributed by atoms with van der Waals surface area (Å²) in [5, 5.41) is 3.03. The van der Waals surface area contributed by atoms with Gasteiger partial charge in [0.15, 0.2) is 5.58 Å². The minimum atomic E-state index is -0.124. The number of oxazole rings is 1. The Bertz CT molecular complexity index is 1190. The molecule has 4 aromatic rings. The molecule has 1 heterocycles. The van der Waals surface area contributed by atoms with Gasteiger partial charge in [0.2, 0.25) is 5.89 Å². The molecule has 0 saturated carbocycles. The van der Waals surface area contributed by atoms with Gasteiger partial charge in [0.1, 0.15) is 5.52 Å². The van der Waals surface area contributed by atoms with Crippen molar-refractivity contribution in [2.75, 3.05) is 5.32 Å². The van der Waals surface area contributed by atoms with Gasteiger partial charge in [-0.2, -0.15) is 0 Å². The molecule has 0 aliphatic heterocycles. The molecule has 0 saturated heterocycles. The van der Waals surface area contributed by atoms with Gasteiger partial charge in [0, 0.05) is 16.8 Å². The van der Waals surface area contributed by atoms with Crippen LogP contribution in [0.25, 0.3) is 22.6 Å². The predicted molar refractivity (Wildman–Crippen MR) is 118 cm³/mol. The van der Waals surface area contributed by atoms with Gasteiger partial charge >= 0.3 is 0 Å². The van der Waals surface area contributed by atoms with Gasteiger partial charge in [-0.25, -0.2) is 4.98 Å². The molecule has 1 amide bonds. The number of aryl methyl sites for hydroxylation is 5. The second-order valence-electron chi connectivity index (χ2n) is 7.78. The summed E-state index contributed by atoms with van der Waals surface area (Å²) in [5.74, 6) is 0.424. The Morgan fingerprint density at radius 3 is 2.24 bits per heavy atom. The number of benzene rings is 3. The fourth-order valence-electron chi connectivity index (χ4n) is 3.49. The van der Waals surface area contributed by atoms with E-state index < -0.39 is 0 Å². The van der Waals surface area contributed by atoms with Crippen LogP contribution in [0, 0.1) is 34.6 Å². The first-order chi connectivity index (χ1) is 13.8. The number of fused-ring (bicyclic) bond motifs is 1. The maximum absolute atomic E-state index is 12.8. The normalized spacial score (nSPS) is 11.1. The second-order valence-corrected chi connectivity index (χ2v) is 7.78. The van der Waals surface area contributed by atoms with Crippen LogP contribution in [0.15, 0.2) is 52.9 Å². The van der Waals surface area contributed by atoms with Gasteiger partial charge in [0.25, 0.3) is 5.91 Å². The average molecular weight is 384 g/mol. The van der Waals surface area contributed by atoms with E-state index in [0.29, 0.717) is 11.5 Å². The Kier molecular flexibility index (Phi) is 4.71. The Hall–Kier alpha value is -3.40. The van der Waals surface area contributed by atoms with E-state index in [1.807, 2.05) is 63.2 Å². The number of nitrogens with one attached hydrogen (secondary N) is 1. The quantitative estimate of drug-likeness (QED) is 0.452. The number of carbonyl (C=O) groups excluding carboxylic acids is 1. The molecule has 0 unspecified atom stereocenters. The van der Waals surface area contributed by atoms with Crippen molar-refractivity contribution < 1.29 is 9.21 Å². The molecule has 4 nitrogen and oxygen atoms in total. The van der Waals surface area contributed by atoms with Crippen molar-refractivity contribution in [3.63, 3.8) is 0 Å². The van der Waals surface area contributed by atoms with Crippen LogP contribution in [0.2, 0.25) is 0 Å². The van der Waals surface area contributed by atoms with Crippen molar-refractivity contribution in [3.05, 3.63) is 81.9 Å². The van der Waals surface area contributed by atoms with Crippen LogP contribution in [0.3, 0.4) is 0 Å². The fraction of sp³-hybridized carbons (Fsp3) is 0.200. The van der Waals surface area contributed by atoms with Gasteiger partial charge in [-0.3, -0.25) is 4.79 Å². The minimum Gasteiger partial charge on any atom is -0.436 e. The summed E-state index contributed by atoms with van der Waals surface area (Å²) >= 11 is 0. The van der Waals surface area contributed by atoms with Crippen LogP contribution < -0.4 is 5.32 Å². The van der Waals surface area contributed by atoms with E-state index in [1.165, 1.54) is 11.1 Å². The SMILES string of the molecule is Cc1cc(C)cc(C(=O)Nc2cc(-c3nc4cc(C)c(C)cc4o3)ccc2C)c1. The molecule has 0 bridgehead atoms. The number of hydrogen-bond donors (Lipinski definition) is 1. The van der Waals surface area contributed by atoms with Crippen LogP contribution >= 0.6 is 0 Å². The van der Waals surface area contributed by atoms with Crippen molar-refractivity contribution in [1.29, 1.82) is 0 Å². The highest BCUT2D eigenvalue weighted by atomic mass is 16.3. The van der Waals surface area contributed by atoms with E-state index in [4.69, 9.17) is 4.42 Å². The number of anilines is 1. The lowest BCUT2D eigenvalue weighted by molar-refractivity contribution is 0.102. The van der Waals surface area contributed by atoms with Crippen LogP contribution in [-0.4, -0.2) is 10.9 Å². The lowest BCUT2D eigenvalue weighted by atomic mass is 10.1. The zero-order valence-electron chi connectivity index (χ0n) is 17.4. The standard InChI is InChI=1S/C25H24N2O2/c1-14-8-15(2)10-20(9-14)24(28)26-21-13-19(7-6-16(21)3)25-27-22-11-17(4)18(5)12-23(22)29-25/h6-13H,1-5H3,(H,26,28). The highest BCUT2D eigenvalue weighted by molar-refractivity contribution is 6.05. The smallest absolute Gasteiger partial charge is 0.255 e.